The Hall–Kier alpha value is -4.21. The van der Waals surface area contributed by atoms with Crippen LogP contribution in [0.15, 0.2) is 53.0 Å². The lowest BCUT2D eigenvalue weighted by molar-refractivity contribution is -0.384. The zero-order valence-electron chi connectivity index (χ0n) is 15.2. The lowest BCUT2D eigenvalue weighted by atomic mass is 10.1. The molecule has 10 heteroatoms. The largest absolute Gasteiger partial charge is 0.496 e. The number of nitrogens with one attached hydrogen (secondary N) is 1. The van der Waals surface area contributed by atoms with Crippen molar-refractivity contribution in [1.29, 1.82) is 0 Å². The second-order valence-electron chi connectivity index (χ2n) is 5.87. The number of barbiturate groups is 1. The Morgan fingerprint density at radius 3 is 2.69 bits per heavy atom. The molecule has 0 spiro atoms. The molecule has 0 atom stereocenters. The molecule has 10 nitrogen and oxygen atoms in total. The molecule has 0 radical (unpaired) electrons. The van der Waals surface area contributed by atoms with E-state index in [2.05, 4.69) is 11.9 Å². The molecule has 2 aromatic rings. The molecule has 2 heterocycles. The maximum absolute atomic E-state index is 12.4. The summed E-state index contributed by atoms with van der Waals surface area (Å²) in [6.45, 7) is 3.41. The third kappa shape index (κ3) is 3.76. The van der Waals surface area contributed by atoms with E-state index in [0.717, 1.165) is 4.90 Å². The minimum absolute atomic E-state index is 0.0569. The Kier molecular flexibility index (Phi) is 5.26. The summed E-state index contributed by atoms with van der Waals surface area (Å²) in [6, 6.07) is 6.27. The Morgan fingerprint density at radius 2 is 2.03 bits per heavy atom. The van der Waals surface area contributed by atoms with Crippen molar-refractivity contribution in [2.45, 2.75) is 0 Å². The molecule has 1 N–H and O–H groups in total. The van der Waals surface area contributed by atoms with Crippen molar-refractivity contribution in [1.82, 2.24) is 10.2 Å². The fourth-order valence-electron chi connectivity index (χ4n) is 2.70. The van der Waals surface area contributed by atoms with Gasteiger partial charge >= 0.3 is 6.03 Å². The SMILES string of the molecule is C=CCN1C(=O)NC(=O)/C(=C/c2ccc(-c3ccc([N+](=O)[O-])cc3OC)o2)C1=O. The topological polar surface area (TPSA) is 132 Å². The van der Waals surface area contributed by atoms with E-state index in [0.29, 0.717) is 11.3 Å². The summed E-state index contributed by atoms with van der Waals surface area (Å²) in [7, 11) is 1.37. The summed E-state index contributed by atoms with van der Waals surface area (Å²) in [5.74, 6) is -0.907. The van der Waals surface area contributed by atoms with E-state index in [4.69, 9.17) is 9.15 Å². The van der Waals surface area contributed by atoms with Crippen LogP contribution in [-0.2, 0) is 9.59 Å². The second kappa shape index (κ2) is 7.80. The van der Waals surface area contributed by atoms with E-state index in [1.807, 2.05) is 0 Å². The van der Waals surface area contributed by atoms with Crippen LogP contribution in [-0.4, -0.2) is 41.3 Å². The van der Waals surface area contributed by atoms with Gasteiger partial charge in [-0.3, -0.25) is 29.9 Å². The number of methoxy groups -OCH3 is 1. The van der Waals surface area contributed by atoms with E-state index in [9.17, 15) is 24.5 Å². The lowest BCUT2D eigenvalue weighted by Gasteiger charge is -2.24. The molecule has 0 saturated carbocycles. The van der Waals surface area contributed by atoms with Crippen molar-refractivity contribution in [2.24, 2.45) is 0 Å². The van der Waals surface area contributed by atoms with Gasteiger partial charge in [0.2, 0.25) is 0 Å². The van der Waals surface area contributed by atoms with Gasteiger partial charge in [0.05, 0.1) is 23.7 Å². The van der Waals surface area contributed by atoms with Gasteiger partial charge in [0.1, 0.15) is 22.8 Å². The van der Waals surface area contributed by atoms with Gasteiger partial charge in [-0.2, -0.15) is 0 Å². The highest BCUT2D eigenvalue weighted by Gasteiger charge is 2.35. The van der Waals surface area contributed by atoms with Crippen LogP contribution in [0.4, 0.5) is 10.5 Å². The van der Waals surface area contributed by atoms with Crippen LogP contribution in [0.25, 0.3) is 17.4 Å². The standard InChI is InChI=1S/C19H15N3O7/c1-3-8-21-18(24)14(17(23)20-19(21)25)10-12-5-7-15(29-12)13-6-4-11(22(26)27)9-16(13)28-2/h3-7,9-10H,1,8H2,2H3,(H,20,23,25)/b14-10-. The number of imide groups is 2. The van der Waals surface area contributed by atoms with Crippen LogP contribution in [0.2, 0.25) is 0 Å². The Balaban J connectivity index is 1.95. The van der Waals surface area contributed by atoms with Crippen molar-refractivity contribution < 1.29 is 28.5 Å². The third-order valence-electron chi connectivity index (χ3n) is 4.07. The molecule has 1 saturated heterocycles. The molecule has 1 aromatic carbocycles. The highest BCUT2D eigenvalue weighted by Crippen LogP contribution is 2.34. The summed E-state index contributed by atoms with van der Waals surface area (Å²) in [5, 5.41) is 13.0. The number of hydrogen-bond acceptors (Lipinski definition) is 7. The molecule has 148 valence electrons. The Bertz CT molecular complexity index is 1070. The maximum Gasteiger partial charge on any atom is 0.331 e. The van der Waals surface area contributed by atoms with E-state index >= 15 is 0 Å². The summed E-state index contributed by atoms with van der Waals surface area (Å²) in [6.07, 6.45) is 2.57. The van der Waals surface area contributed by atoms with Gasteiger partial charge in [-0.25, -0.2) is 4.79 Å². The molecule has 0 aliphatic carbocycles. The first kappa shape index (κ1) is 19.5. The number of rotatable bonds is 6. The van der Waals surface area contributed by atoms with Crippen molar-refractivity contribution in [3.8, 4) is 17.1 Å². The molecular weight excluding hydrogens is 382 g/mol. The number of benzene rings is 1. The molecule has 0 bridgehead atoms. The molecule has 0 unspecified atom stereocenters. The fraction of sp³-hybridized carbons (Fsp3) is 0.105. The summed E-state index contributed by atoms with van der Waals surface area (Å²) >= 11 is 0. The van der Waals surface area contributed by atoms with Gasteiger partial charge in [0.15, 0.2) is 0 Å². The van der Waals surface area contributed by atoms with E-state index in [-0.39, 0.29) is 29.3 Å². The van der Waals surface area contributed by atoms with Crippen LogP contribution in [0, 0.1) is 10.1 Å². The number of furan rings is 1. The molecule has 1 aliphatic rings. The number of hydrogen-bond donors (Lipinski definition) is 1. The van der Waals surface area contributed by atoms with Gasteiger partial charge in [-0.1, -0.05) is 6.08 Å². The number of non-ortho nitro benzene ring substituents is 1. The Morgan fingerprint density at radius 1 is 1.28 bits per heavy atom. The summed E-state index contributed by atoms with van der Waals surface area (Å²) < 4.78 is 10.8. The highest BCUT2D eigenvalue weighted by atomic mass is 16.6. The number of ether oxygens (including phenoxy) is 1. The predicted molar refractivity (Wildman–Crippen MR) is 101 cm³/mol. The van der Waals surface area contributed by atoms with Crippen molar-refractivity contribution in [2.75, 3.05) is 13.7 Å². The van der Waals surface area contributed by atoms with Crippen LogP contribution >= 0.6 is 0 Å². The number of urea groups is 1. The molecule has 29 heavy (non-hydrogen) atoms. The fourth-order valence-corrected chi connectivity index (χ4v) is 2.70. The smallest absolute Gasteiger partial charge is 0.331 e. The van der Waals surface area contributed by atoms with Crippen LogP contribution in [0.3, 0.4) is 0 Å². The minimum atomic E-state index is -0.842. The van der Waals surface area contributed by atoms with Crippen molar-refractivity contribution in [3.63, 3.8) is 0 Å². The third-order valence-corrected chi connectivity index (χ3v) is 4.07. The lowest BCUT2D eigenvalue weighted by Crippen LogP contribution is -2.54. The Labute approximate surface area is 164 Å². The second-order valence-corrected chi connectivity index (χ2v) is 5.87. The molecule has 1 fully saturated rings. The first-order valence-electron chi connectivity index (χ1n) is 8.28. The van der Waals surface area contributed by atoms with Crippen molar-refractivity contribution >= 4 is 29.6 Å². The average molecular weight is 397 g/mol. The van der Waals surface area contributed by atoms with Crippen LogP contribution < -0.4 is 10.1 Å². The number of nitrogens with zero attached hydrogens (tertiary/aromatic N) is 2. The van der Waals surface area contributed by atoms with Gasteiger partial charge in [-0.15, -0.1) is 6.58 Å². The van der Waals surface area contributed by atoms with E-state index in [1.165, 1.54) is 43.5 Å². The number of carbonyl (C=O) groups is 3. The number of amides is 4. The zero-order chi connectivity index (χ0) is 21.1. The van der Waals surface area contributed by atoms with Gasteiger partial charge < -0.3 is 9.15 Å². The zero-order valence-corrected chi connectivity index (χ0v) is 15.2. The van der Waals surface area contributed by atoms with Gasteiger partial charge in [0.25, 0.3) is 17.5 Å². The van der Waals surface area contributed by atoms with Gasteiger partial charge in [0, 0.05) is 12.6 Å². The number of nitro groups is 1. The predicted octanol–water partition coefficient (Wildman–Crippen LogP) is 2.51. The van der Waals surface area contributed by atoms with Gasteiger partial charge in [-0.05, 0) is 24.3 Å². The quantitative estimate of drug-likeness (QED) is 0.260. The van der Waals surface area contributed by atoms with Crippen LogP contribution in [0.5, 0.6) is 5.75 Å². The first-order chi connectivity index (χ1) is 13.8. The minimum Gasteiger partial charge on any atom is -0.496 e. The number of nitro benzene ring substituents is 1. The molecule has 3 rings (SSSR count). The first-order valence-corrected chi connectivity index (χ1v) is 8.28. The van der Waals surface area contributed by atoms with E-state index < -0.39 is 22.8 Å². The maximum atomic E-state index is 12.4. The molecular formula is C19H15N3O7. The summed E-state index contributed by atoms with van der Waals surface area (Å²) in [4.78, 5) is 47.4. The van der Waals surface area contributed by atoms with Crippen molar-refractivity contribution in [3.05, 3.63) is 64.4 Å². The average Bonchev–Trinajstić information content (AvgIpc) is 3.16. The molecule has 1 aliphatic heterocycles. The normalized spacial score (nSPS) is 15.4. The molecule has 1 aromatic heterocycles. The van der Waals surface area contributed by atoms with Crippen LogP contribution in [0.1, 0.15) is 5.76 Å². The molecule has 4 amide bonds. The summed E-state index contributed by atoms with van der Waals surface area (Å²) in [5.41, 5.74) is 0.0320. The van der Waals surface area contributed by atoms with E-state index in [1.54, 1.807) is 6.07 Å². The monoisotopic (exact) mass is 397 g/mol. The highest BCUT2D eigenvalue weighted by molar-refractivity contribution is 6.30. The number of carbonyl (C=O) groups excluding carboxylic acids is 3.